The van der Waals surface area contributed by atoms with Gasteiger partial charge in [-0.05, 0) is 78.8 Å². The van der Waals surface area contributed by atoms with Gasteiger partial charge in [-0.1, -0.05) is 96.6 Å². The number of nitrogens with zero attached hydrogens (tertiary/aromatic N) is 1. The van der Waals surface area contributed by atoms with E-state index in [2.05, 4.69) is 96.0 Å². The molecule has 4 aromatic rings. The molecule has 1 heterocycles. The second-order valence-corrected chi connectivity index (χ2v) is 9.83. The number of allylic oxidation sites excluding steroid dienone is 3. The highest BCUT2D eigenvalue weighted by molar-refractivity contribution is 6.08. The van der Waals surface area contributed by atoms with E-state index in [4.69, 9.17) is 0 Å². The molecular weight excluding hydrogens is 464 g/mol. The molecule has 0 saturated heterocycles. The number of nitrogens with one attached hydrogen (secondary N) is 1. The Hall–Kier alpha value is -4.63. The average Bonchev–Trinajstić information content (AvgIpc) is 2.98. The number of amides is 1. The van der Waals surface area contributed by atoms with E-state index in [-0.39, 0.29) is 5.91 Å². The number of fused-ring (bicyclic) bond motifs is 1. The molecule has 1 aliphatic carbocycles. The third kappa shape index (κ3) is 4.59. The zero-order valence-corrected chi connectivity index (χ0v) is 21.5. The highest BCUT2D eigenvalue weighted by Crippen LogP contribution is 2.47. The van der Waals surface area contributed by atoms with Crippen molar-refractivity contribution in [2.24, 2.45) is 0 Å². The van der Waals surface area contributed by atoms with Gasteiger partial charge in [-0.3, -0.25) is 4.79 Å². The zero-order valence-electron chi connectivity index (χ0n) is 21.5. The minimum atomic E-state index is -0.0396. The van der Waals surface area contributed by atoms with Gasteiger partial charge in [-0.25, -0.2) is 0 Å². The van der Waals surface area contributed by atoms with E-state index in [0.29, 0.717) is 0 Å². The van der Waals surface area contributed by atoms with Crippen molar-refractivity contribution in [1.82, 2.24) is 0 Å². The fourth-order valence-electron chi connectivity index (χ4n) is 5.41. The first-order valence-corrected chi connectivity index (χ1v) is 13.2. The molecule has 6 rings (SSSR count). The molecule has 0 unspecified atom stereocenters. The van der Waals surface area contributed by atoms with Crippen molar-refractivity contribution >= 4 is 28.6 Å². The minimum absolute atomic E-state index is 0.0396. The summed E-state index contributed by atoms with van der Waals surface area (Å²) in [6.45, 7) is 2.10. The maximum atomic E-state index is 13.9. The van der Waals surface area contributed by atoms with Gasteiger partial charge < -0.3 is 10.2 Å². The summed E-state index contributed by atoms with van der Waals surface area (Å²) in [5.41, 5.74) is 10.7. The van der Waals surface area contributed by atoms with E-state index in [9.17, 15) is 4.79 Å². The standard InChI is InChI=1S/C35H30N2O/c1-25-20-22-29(23-21-25)37-33(27-14-7-3-8-15-27)24-32(26-12-5-2-6-13-26)30-18-11-19-31(34(30)37)35(38)36-28-16-9-4-10-17-28/h2-10,12-17,20-24H,11,18-19H2,1H3,(H,36,38). The van der Waals surface area contributed by atoms with Gasteiger partial charge in [0.15, 0.2) is 0 Å². The first kappa shape index (κ1) is 23.7. The van der Waals surface area contributed by atoms with Gasteiger partial charge in [0.2, 0.25) is 0 Å². The smallest absolute Gasteiger partial charge is 0.253 e. The SMILES string of the molecule is Cc1ccc(N2C(c3ccccc3)=CC(c3ccccc3)=C3CCCC(C(=O)Nc4ccccc4)=C32)cc1. The Morgan fingerprint density at radius 3 is 1.97 bits per heavy atom. The van der Waals surface area contributed by atoms with Crippen molar-refractivity contribution < 1.29 is 4.79 Å². The van der Waals surface area contributed by atoms with Crippen molar-refractivity contribution in [3.63, 3.8) is 0 Å². The molecule has 3 heteroatoms. The number of anilines is 2. The Labute approximate surface area is 224 Å². The topological polar surface area (TPSA) is 32.3 Å². The molecule has 3 nitrogen and oxygen atoms in total. The summed E-state index contributed by atoms with van der Waals surface area (Å²) in [5, 5.41) is 3.17. The lowest BCUT2D eigenvalue weighted by molar-refractivity contribution is -0.113. The first-order chi connectivity index (χ1) is 18.7. The van der Waals surface area contributed by atoms with Crippen molar-refractivity contribution in [3.05, 3.63) is 155 Å². The fraction of sp³-hybridized carbons (Fsp3) is 0.114. The number of hydrogen-bond acceptors (Lipinski definition) is 2. The summed E-state index contributed by atoms with van der Waals surface area (Å²) < 4.78 is 0. The fourth-order valence-corrected chi connectivity index (χ4v) is 5.41. The number of benzene rings is 4. The first-order valence-electron chi connectivity index (χ1n) is 13.2. The van der Waals surface area contributed by atoms with Gasteiger partial charge in [-0.15, -0.1) is 0 Å². The predicted molar refractivity (Wildman–Crippen MR) is 157 cm³/mol. The third-order valence-corrected chi connectivity index (χ3v) is 7.25. The summed E-state index contributed by atoms with van der Waals surface area (Å²) in [6.07, 6.45) is 4.89. The second kappa shape index (κ2) is 10.4. The van der Waals surface area contributed by atoms with Crippen LogP contribution in [0, 0.1) is 6.92 Å². The Morgan fingerprint density at radius 1 is 0.711 bits per heavy atom. The number of carbonyl (C=O) groups is 1. The summed E-state index contributed by atoms with van der Waals surface area (Å²) in [4.78, 5) is 16.2. The lowest BCUT2D eigenvalue weighted by Crippen LogP contribution is -2.32. The van der Waals surface area contributed by atoms with Crippen LogP contribution in [-0.2, 0) is 4.79 Å². The molecule has 0 spiro atoms. The minimum Gasteiger partial charge on any atom is -0.322 e. The average molecular weight is 495 g/mol. The second-order valence-electron chi connectivity index (χ2n) is 9.83. The van der Waals surface area contributed by atoms with Crippen LogP contribution < -0.4 is 10.2 Å². The van der Waals surface area contributed by atoms with Gasteiger partial charge in [0.05, 0.1) is 11.4 Å². The van der Waals surface area contributed by atoms with Crippen LogP contribution in [0.2, 0.25) is 0 Å². The highest BCUT2D eigenvalue weighted by Gasteiger charge is 2.34. The maximum Gasteiger partial charge on any atom is 0.253 e. The summed E-state index contributed by atoms with van der Waals surface area (Å²) >= 11 is 0. The third-order valence-electron chi connectivity index (χ3n) is 7.25. The van der Waals surface area contributed by atoms with Crippen LogP contribution in [0.4, 0.5) is 11.4 Å². The summed E-state index contributed by atoms with van der Waals surface area (Å²) in [5.74, 6) is -0.0396. The molecule has 0 radical (unpaired) electrons. The molecule has 0 saturated carbocycles. The van der Waals surface area contributed by atoms with E-state index in [1.165, 1.54) is 22.3 Å². The van der Waals surface area contributed by atoms with E-state index in [0.717, 1.165) is 53.2 Å². The normalized spacial score (nSPS) is 15.2. The van der Waals surface area contributed by atoms with E-state index in [1.807, 2.05) is 42.5 Å². The Balaban J connectivity index is 1.61. The van der Waals surface area contributed by atoms with Gasteiger partial charge in [0.25, 0.3) is 5.91 Å². The van der Waals surface area contributed by atoms with Crippen molar-refractivity contribution in [1.29, 1.82) is 0 Å². The number of rotatable bonds is 5. The van der Waals surface area contributed by atoms with Crippen LogP contribution in [0.3, 0.4) is 0 Å². The largest absolute Gasteiger partial charge is 0.322 e. The van der Waals surface area contributed by atoms with Crippen LogP contribution in [0.25, 0.3) is 11.3 Å². The van der Waals surface area contributed by atoms with Gasteiger partial charge in [0, 0.05) is 16.9 Å². The van der Waals surface area contributed by atoms with Gasteiger partial charge >= 0.3 is 0 Å². The van der Waals surface area contributed by atoms with Crippen LogP contribution in [0.1, 0.15) is 36.0 Å². The molecule has 1 aliphatic heterocycles. The van der Waals surface area contributed by atoms with Gasteiger partial charge in [0.1, 0.15) is 0 Å². The maximum absolute atomic E-state index is 13.9. The molecular formula is C35H30N2O. The monoisotopic (exact) mass is 494 g/mol. The van der Waals surface area contributed by atoms with Crippen LogP contribution >= 0.6 is 0 Å². The summed E-state index contributed by atoms with van der Waals surface area (Å²) in [7, 11) is 0. The molecule has 1 amide bonds. The van der Waals surface area contributed by atoms with Crippen molar-refractivity contribution in [2.75, 3.05) is 10.2 Å². The lowest BCUT2D eigenvalue weighted by atomic mass is 9.81. The molecule has 2 aliphatic rings. The quantitative estimate of drug-likeness (QED) is 0.302. The highest BCUT2D eigenvalue weighted by atomic mass is 16.1. The lowest BCUT2D eigenvalue weighted by Gasteiger charge is -2.39. The van der Waals surface area contributed by atoms with Crippen molar-refractivity contribution in [3.8, 4) is 0 Å². The number of aryl methyl sites for hydroxylation is 1. The Morgan fingerprint density at radius 2 is 1.32 bits per heavy atom. The molecule has 0 bridgehead atoms. The Kier molecular flexibility index (Phi) is 6.49. The van der Waals surface area contributed by atoms with Crippen LogP contribution in [0.5, 0.6) is 0 Å². The van der Waals surface area contributed by atoms with E-state index in [1.54, 1.807) is 0 Å². The zero-order chi connectivity index (χ0) is 25.9. The molecule has 4 aromatic carbocycles. The van der Waals surface area contributed by atoms with Gasteiger partial charge in [-0.2, -0.15) is 0 Å². The molecule has 38 heavy (non-hydrogen) atoms. The van der Waals surface area contributed by atoms with E-state index >= 15 is 0 Å². The predicted octanol–water partition coefficient (Wildman–Crippen LogP) is 8.39. The number of hydrogen-bond donors (Lipinski definition) is 1. The van der Waals surface area contributed by atoms with Crippen LogP contribution in [-0.4, -0.2) is 5.91 Å². The molecule has 0 fully saturated rings. The molecule has 1 N–H and O–H groups in total. The molecule has 186 valence electrons. The van der Waals surface area contributed by atoms with Crippen molar-refractivity contribution in [2.45, 2.75) is 26.2 Å². The number of carbonyl (C=O) groups excluding carboxylic acids is 1. The summed E-state index contributed by atoms with van der Waals surface area (Å²) in [6, 6.07) is 39.4. The van der Waals surface area contributed by atoms with Crippen LogP contribution in [0.15, 0.2) is 138 Å². The Bertz CT molecular complexity index is 1550. The van der Waals surface area contributed by atoms with E-state index < -0.39 is 0 Å². The molecule has 0 aromatic heterocycles. The molecule has 0 atom stereocenters. The number of para-hydroxylation sites is 1.